The van der Waals surface area contributed by atoms with Gasteiger partial charge in [0.2, 0.25) is 0 Å². The summed E-state index contributed by atoms with van der Waals surface area (Å²) in [5.41, 5.74) is 2.21. The van der Waals surface area contributed by atoms with Crippen molar-refractivity contribution in [2.24, 2.45) is 0 Å². The van der Waals surface area contributed by atoms with Gasteiger partial charge in [0.15, 0.2) is 11.5 Å². The zero-order valence-electron chi connectivity index (χ0n) is 18.8. The quantitative estimate of drug-likeness (QED) is 0.620. The molecule has 0 bridgehead atoms. The van der Waals surface area contributed by atoms with Gasteiger partial charge in [0.1, 0.15) is 5.75 Å². The van der Waals surface area contributed by atoms with Crippen LogP contribution in [0.5, 0.6) is 17.2 Å². The van der Waals surface area contributed by atoms with Crippen LogP contribution in [-0.4, -0.2) is 49.5 Å². The number of piperidine rings is 1. The van der Waals surface area contributed by atoms with Gasteiger partial charge >= 0.3 is 0 Å². The lowest BCUT2D eigenvalue weighted by atomic mass is 9.77. The second-order valence-corrected chi connectivity index (χ2v) is 8.98. The highest BCUT2D eigenvalue weighted by molar-refractivity contribution is 6.12. The molecule has 0 spiro atoms. The van der Waals surface area contributed by atoms with Crippen molar-refractivity contribution in [1.82, 2.24) is 4.90 Å². The Morgan fingerprint density at radius 2 is 1.65 bits per heavy atom. The van der Waals surface area contributed by atoms with Crippen molar-refractivity contribution in [3.05, 3.63) is 41.5 Å². The number of aliphatic hydroxyl groups is 1. The molecule has 5 rings (SSSR count). The van der Waals surface area contributed by atoms with Gasteiger partial charge < -0.3 is 19.3 Å². The highest BCUT2D eigenvalue weighted by Crippen LogP contribution is 2.45. The highest BCUT2D eigenvalue weighted by atomic mass is 16.5. The van der Waals surface area contributed by atoms with Gasteiger partial charge in [0, 0.05) is 19.1 Å². The molecule has 1 fully saturated rings. The van der Waals surface area contributed by atoms with Gasteiger partial charge in [-0.1, -0.05) is 13.0 Å². The molecule has 2 aliphatic heterocycles. The molecule has 0 aliphatic carbocycles. The first-order valence-corrected chi connectivity index (χ1v) is 11.1. The Morgan fingerprint density at radius 1 is 0.935 bits per heavy atom. The second-order valence-electron chi connectivity index (χ2n) is 8.98. The first kappa shape index (κ1) is 20.4. The summed E-state index contributed by atoms with van der Waals surface area (Å²) in [6.45, 7) is 3.95. The Morgan fingerprint density at radius 3 is 2.32 bits per heavy atom. The predicted octanol–water partition coefficient (Wildman–Crippen LogP) is 4.68. The van der Waals surface area contributed by atoms with E-state index in [2.05, 4.69) is 36.1 Å². The molecule has 0 amide bonds. The van der Waals surface area contributed by atoms with E-state index < -0.39 is 5.60 Å². The lowest BCUT2D eigenvalue weighted by Crippen LogP contribution is -2.52. The smallest absolute Gasteiger partial charge is 0.161 e. The number of benzene rings is 3. The molecule has 1 saturated heterocycles. The van der Waals surface area contributed by atoms with E-state index in [1.807, 2.05) is 6.07 Å². The summed E-state index contributed by atoms with van der Waals surface area (Å²) in [5, 5.41) is 15.8. The Bertz CT molecular complexity index is 1160. The summed E-state index contributed by atoms with van der Waals surface area (Å²) < 4.78 is 16.8. The maximum absolute atomic E-state index is 11.0. The summed E-state index contributed by atoms with van der Waals surface area (Å²) in [5.74, 6) is 2.33. The maximum atomic E-state index is 11.0. The topological polar surface area (TPSA) is 51.2 Å². The normalized spacial score (nSPS) is 23.5. The number of nitrogens with zero attached hydrogens (tertiary/aromatic N) is 1. The predicted molar refractivity (Wildman–Crippen MR) is 123 cm³/mol. The fourth-order valence-corrected chi connectivity index (χ4v) is 5.60. The summed E-state index contributed by atoms with van der Waals surface area (Å²) >= 11 is 0. The van der Waals surface area contributed by atoms with Crippen molar-refractivity contribution in [2.75, 3.05) is 27.9 Å². The van der Waals surface area contributed by atoms with E-state index in [9.17, 15) is 5.11 Å². The minimum atomic E-state index is -0.542. The molecule has 3 aromatic rings. The van der Waals surface area contributed by atoms with Gasteiger partial charge in [-0.15, -0.1) is 0 Å². The molecule has 0 unspecified atom stereocenters. The third kappa shape index (κ3) is 3.22. The molecule has 2 atom stereocenters. The largest absolute Gasteiger partial charge is 0.497 e. The Hall–Kier alpha value is -2.50. The van der Waals surface area contributed by atoms with Crippen LogP contribution in [-0.2, 0) is 13.0 Å². The zero-order valence-corrected chi connectivity index (χ0v) is 18.8. The van der Waals surface area contributed by atoms with Crippen molar-refractivity contribution >= 4 is 21.5 Å². The van der Waals surface area contributed by atoms with Crippen molar-refractivity contribution in [1.29, 1.82) is 0 Å². The molecule has 3 aromatic carbocycles. The van der Waals surface area contributed by atoms with Crippen molar-refractivity contribution < 1.29 is 19.3 Å². The number of hydrogen-bond acceptors (Lipinski definition) is 5. The minimum Gasteiger partial charge on any atom is -0.497 e. The molecule has 2 aliphatic rings. The number of hydrogen-bond donors (Lipinski definition) is 1. The molecule has 2 heterocycles. The number of ether oxygens (including phenoxy) is 3. The lowest BCUT2D eigenvalue weighted by Gasteiger charge is -2.47. The third-order valence-corrected chi connectivity index (χ3v) is 7.51. The monoisotopic (exact) mass is 421 g/mol. The summed E-state index contributed by atoms with van der Waals surface area (Å²) in [6, 6.07) is 10.9. The molecule has 164 valence electrons. The number of fused-ring (bicyclic) bond motifs is 7. The van der Waals surface area contributed by atoms with Crippen LogP contribution in [0.1, 0.15) is 37.3 Å². The fraction of sp³-hybridized carbons (Fsp3) is 0.462. The molecule has 0 aromatic heterocycles. The van der Waals surface area contributed by atoms with Crippen LogP contribution in [0.4, 0.5) is 0 Å². The van der Waals surface area contributed by atoms with Crippen LogP contribution in [0.25, 0.3) is 21.5 Å². The van der Waals surface area contributed by atoms with E-state index in [1.165, 1.54) is 27.3 Å². The number of rotatable bonds is 4. The molecule has 0 saturated carbocycles. The molecule has 5 nitrogen and oxygen atoms in total. The molecule has 5 heteroatoms. The second kappa shape index (κ2) is 7.57. The Labute approximate surface area is 183 Å². The molecular formula is C26H31NO4. The van der Waals surface area contributed by atoms with Gasteiger partial charge in [-0.2, -0.15) is 0 Å². The molecule has 31 heavy (non-hydrogen) atoms. The van der Waals surface area contributed by atoms with E-state index in [0.717, 1.165) is 61.4 Å². The summed E-state index contributed by atoms with van der Waals surface area (Å²) in [7, 11) is 5.07. The highest BCUT2D eigenvalue weighted by Gasteiger charge is 2.40. The standard InChI is InChI=1S/C26H31NO4/c1-5-26(28)8-9-27-15-23-18-7-6-17(29-2)11-20(18)22-13-25(31-4)24(30-3)12-21(22)19(23)10-16(27)14-26/h6-7,11-13,16,28H,5,8-10,14-15H2,1-4H3/t16-,26+/m0/s1. The summed E-state index contributed by atoms with van der Waals surface area (Å²) in [4.78, 5) is 2.56. The first-order chi connectivity index (χ1) is 15.0. The van der Waals surface area contributed by atoms with Crippen LogP contribution < -0.4 is 14.2 Å². The van der Waals surface area contributed by atoms with Crippen LogP contribution in [0.15, 0.2) is 30.3 Å². The van der Waals surface area contributed by atoms with Gasteiger partial charge in [0.25, 0.3) is 0 Å². The average Bonchev–Trinajstić information content (AvgIpc) is 2.81. The van der Waals surface area contributed by atoms with Crippen LogP contribution in [0.3, 0.4) is 0 Å². The fourth-order valence-electron chi connectivity index (χ4n) is 5.60. The maximum Gasteiger partial charge on any atom is 0.161 e. The molecular weight excluding hydrogens is 390 g/mol. The average molecular weight is 422 g/mol. The van der Waals surface area contributed by atoms with E-state index in [0.29, 0.717) is 6.04 Å². The zero-order chi connectivity index (χ0) is 21.8. The van der Waals surface area contributed by atoms with Gasteiger partial charge in [-0.05, 0) is 82.6 Å². The van der Waals surface area contributed by atoms with Crippen molar-refractivity contribution in [3.63, 3.8) is 0 Å². The van der Waals surface area contributed by atoms with Crippen molar-refractivity contribution in [2.45, 2.75) is 50.8 Å². The van der Waals surface area contributed by atoms with E-state index in [1.54, 1.807) is 21.3 Å². The molecule has 1 N–H and O–H groups in total. The van der Waals surface area contributed by atoms with Gasteiger partial charge in [0.05, 0.1) is 26.9 Å². The minimum absolute atomic E-state index is 0.359. The van der Waals surface area contributed by atoms with Gasteiger partial charge in [-0.25, -0.2) is 0 Å². The van der Waals surface area contributed by atoms with Crippen molar-refractivity contribution in [3.8, 4) is 17.2 Å². The lowest BCUT2D eigenvalue weighted by molar-refractivity contribution is -0.0543. The molecule has 0 radical (unpaired) electrons. The van der Waals surface area contributed by atoms with E-state index >= 15 is 0 Å². The Balaban J connectivity index is 1.77. The SMILES string of the molecule is CC[C@@]1(O)CCN2Cc3c(c4cc(OC)c(OC)cc4c4cc(OC)ccc34)C[C@H]2C1. The first-order valence-electron chi connectivity index (χ1n) is 11.1. The van der Waals surface area contributed by atoms with Crippen LogP contribution >= 0.6 is 0 Å². The van der Waals surface area contributed by atoms with E-state index in [4.69, 9.17) is 14.2 Å². The third-order valence-electron chi connectivity index (χ3n) is 7.51. The number of methoxy groups -OCH3 is 3. The van der Waals surface area contributed by atoms with Gasteiger partial charge in [-0.3, -0.25) is 4.90 Å². The van der Waals surface area contributed by atoms with Crippen LogP contribution in [0, 0.1) is 0 Å². The Kier molecular flexibility index (Phi) is 4.98. The summed E-state index contributed by atoms with van der Waals surface area (Å²) in [6.07, 6.45) is 3.43. The van der Waals surface area contributed by atoms with Crippen LogP contribution in [0.2, 0.25) is 0 Å². The van der Waals surface area contributed by atoms with E-state index in [-0.39, 0.29) is 0 Å².